The summed E-state index contributed by atoms with van der Waals surface area (Å²) >= 11 is 0. The fourth-order valence-electron chi connectivity index (χ4n) is 3.13. The molecular formula is C19H24N2O3. The van der Waals surface area contributed by atoms with Crippen molar-refractivity contribution in [2.24, 2.45) is 0 Å². The number of carbonyl (C=O) groups is 2. The Labute approximate surface area is 142 Å². The van der Waals surface area contributed by atoms with Gasteiger partial charge >= 0.3 is 0 Å². The van der Waals surface area contributed by atoms with Crippen molar-refractivity contribution >= 4 is 17.5 Å². The summed E-state index contributed by atoms with van der Waals surface area (Å²) in [4.78, 5) is 24.2. The van der Waals surface area contributed by atoms with Crippen molar-refractivity contribution in [1.29, 1.82) is 0 Å². The maximum absolute atomic E-state index is 12.1. The Balaban J connectivity index is 1.48. The van der Waals surface area contributed by atoms with E-state index in [9.17, 15) is 9.59 Å². The molecule has 2 N–H and O–H groups in total. The van der Waals surface area contributed by atoms with Gasteiger partial charge in [-0.1, -0.05) is 17.7 Å². The van der Waals surface area contributed by atoms with E-state index in [-0.39, 0.29) is 18.2 Å². The zero-order valence-electron chi connectivity index (χ0n) is 14.1. The number of carbonyl (C=O) groups excluding carboxylic acids is 2. The Bertz CT molecular complexity index is 667. The second-order valence-corrected chi connectivity index (χ2v) is 6.51. The molecule has 0 saturated carbocycles. The number of benzene rings is 1. The van der Waals surface area contributed by atoms with E-state index in [1.54, 1.807) is 0 Å². The Hall–Kier alpha value is -2.30. The smallest absolute Gasteiger partial charge is 0.266 e. The monoisotopic (exact) mass is 328 g/mol. The number of nitrogens with one attached hydrogen (secondary N) is 2. The first-order chi connectivity index (χ1) is 11.6. The first-order valence-corrected chi connectivity index (χ1v) is 8.64. The minimum atomic E-state index is -0.769. The molecule has 5 nitrogen and oxygen atoms in total. The van der Waals surface area contributed by atoms with E-state index >= 15 is 0 Å². The lowest BCUT2D eigenvalue weighted by Crippen LogP contribution is -2.41. The molecule has 0 radical (unpaired) electrons. The minimum absolute atomic E-state index is 0.0399. The average molecular weight is 328 g/mol. The number of aryl methyl sites for hydroxylation is 1. The van der Waals surface area contributed by atoms with Crippen molar-refractivity contribution in [1.82, 2.24) is 5.32 Å². The van der Waals surface area contributed by atoms with Gasteiger partial charge < -0.3 is 15.4 Å². The third kappa shape index (κ3) is 4.16. The lowest BCUT2D eigenvalue weighted by Gasteiger charge is -2.25. The molecule has 0 aromatic heterocycles. The number of amides is 2. The minimum Gasteiger partial charge on any atom is -0.478 e. The Morgan fingerprint density at radius 3 is 3.04 bits per heavy atom. The quantitative estimate of drug-likeness (QED) is 0.816. The van der Waals surface area contributed by atoms with Crippen LogP contribution in [0.25, 0.3) is 0 Å². The molecule has 0 fully saturated rings. The van der Waals surface area contributed by atoms with Gasteiger partial charge in [-0.15, -0.1) is 0 Å². The molecular weight excluding hydrogens is 304 g/mol. The van der Waals surface area contributed by atoms with Crippen LogP contribution in [0.3, 0.4) is 0 Å². The topological polar surface area (TPSA) is 67.4 Å². The van der Waals surface area contributed by atoms with Crippen LogP contribution in [-0.2, 0) is 9.59 Å². The number of rotatable bonds is 5. The first-order valence-electron chi connectivity index (χ1n) is 8.64. The van der Waals surface area contributed by atoms with Crippen LogP contribution in [0.4, 0.5) is 5.69 Å². The van der Waals surface area contributed by atoms with Crippen molar-refractivity contribution in [2.45, 2.75) is 51.6 Å². The molecule has 3 rings (SSSR count). The number of hydrogen-bond donors (Lipinski definition) is 2. The van der Waals surface area contributed by atoms with E-state index in [1.807, 2.05) is 25.1 Å². The molecule has 24 heavy (non-hydrogen) atoms. The molecule has 1 aromatic rings. The van der Waals surface area contributed by atoms with E-state index in [2.05, 4.69) is 16.7 Å². The van der Waals surface area contributed by atoms with Gasteiger partial charge in [-0.25, -0.2) is 0 Å². The molecule has 1 atom stereocenters. The first kappa shape index (κ1) is 16.6. The van der Waals surface area contributed by atoms with Crippen LogP contribution in [-0.4, -0.2) is 24.5 Å². The predicted octanol–water partition coefficient (Wildman–Crippen LogP) is 3.09. The summed E-state index contributed by atoms with van der Waals surface area (Å²) in [6.07, 6.45) is 7.25. The summed E-state index contributed by atoms with van der Waals surface area (Å²) in [6.45, 7) is 2.57. The van der Waals surface area contributed by atoms with Crippen molar-refractivity contribution < 1.29 is 14.3 Å². The van der Waals surface area contributed by atoms with Gasteiger partial charge in [0.05, 0.1) is 12.1 Å². The van der Waals surface area contributed by atoms with Gasteiger partial charge in [0.25, 0.3) is 5.91 Å². The highest BCUT2D eigenvalue weighted by atomic mass is 16.5. The van der Waals surface area contributed by atoms with E-state index in [0.717, 1.165) is 24.8 Å². The summed E-state index contributed by atoms with van der Waals surface area (Å²) in [5.41, 5.74) is 3.14. The fourth-order valence-corrected chi connectivity index (χ4v) is 3.13. The lowest BCUT2D eigenvalue weighted by atomic mass is 9.97. The Kier molecular flexibility index (Phi) is 5.18. The van der Waals surface area contributed by atoms with Gasteiger partial charge in [-0.3, -0.25) is 9.59 Å². The third-order valence-electron chi connectivity index (χ3n) is 4.48. The van der Waals surface area contributed by atoms with Crippen molar-refractivity contribution in [3.8, 4) is 5.75 Å². The number of allylic oxidation sites excluding steroid dienone is 1. The molecule has 0 spiro atoms. The van der Waals surface area contributed by atoms with Crippen LogP contribution in [0.5, 0.6) is 5.75 Å². The number of fused-ring (bicyclic) bond motifs is 1. The lowest BCUT2D eigenvalue weighted by molar-refractivity contribution is -0.130. The van der Waals surface area contributed by atoms with Gasteiger partial charge in [0.1, 0.15) is 5.75 Å². The summed E-state index contributed by atoms with van der Waals surface area (Å²) < 4.78 is 5.68. The molecule has 0 unspecified atom stereocenters. The molecule has 2 amide bonds. The van der Waals surface area contributed by atoms with Gasteiger partial charge in [0, 0.05) is 6.54 Å². The van der Waals surface area contributed by atoms with Crippen LogP contribution < -0.4 is 15.4 Å². The molecule has 1 heterocycles. The highest BCUT2D eigenvalue weighted by Gasteiger charge is 2.29. The Morgan fingerprint density at radius 1 is 1.38 bits per heavy atom. The average Bonchev–Trinajstić information content (AvgIpc) is 2.57. The summed E-state index contributed by atoms with van der Waals surface area (Å²) in [7, 11) is 0. The molecule has 1 aromatic carbocycles. The summed E-state index contributed by atoms with van der Waals surface area (Å²) in [5, 5.41) is 5.70. The number of anilines is 1. The van der Waals surface area contributed by atoms with Gasteiger partial charge in [-0.05, 0) is 56.7 Å². The molecule has 0 saturated heterocycles. The van der Waals surface area contributed by atoms with Crippen LogP contribution in [0.15, 0.2) is 29.8 Å². The van der Waals surface area contributed by atoms with E-state index in [1.165, 1.54) is 18.4 Å². The predicted molar refractivity (Wildman–Crippen MR) is 93.0 cm³/mol. The zero-order valence-corrected chi connectivity index (χ0v) is 14.1. The second-order valence-electron chi connectivity index (χ2n) is 6.51. The largest absolute Gasteiger partial charge is 0.478 e. The van der Waals surface area contributed by atoms with Gasteiger partial charge in [-0.2, -0.15) is 0 Å². The van der Waals surface area contributed by atoms with Crippen LogP contribution in [0, 0.1) is 6.92 Å². The molecule has 2 aliphatic rings. The highest BCUT2D eigenvalue weighted by molar-refractivity contribution is 6.00. The van der Waals surface area contributed by atoms with Gasteiger partial charge in [0.2, 0.25) is 5.91 Å². The molecule has 0 bridgehead atoms. The molecule has 1 aliphatic carbocycles. The van der Waals surface area contributed by atoms with Crippen LogP contribution >= 0.6 is 0 Å². The highest BCUT2D eigenvalue weighted by Crippen LogP contribution is 2.31. The standard InChI is InChI=1S/C19H24N2O3/c1-13-7-8-16-15(11-13)21-19(23)17(24-16)12-18(22)20-10-9-14-5-3-2-4-6-14/h5,7-8,11,17H,2-4,6,9-10,12H2,1H3,(H,20,22)(H,21,23)/t17-/m1/s1. The number of ether oxygens (including phenoxy) is 1. The molecule has 5 heteroatoms. The molecule has 1 aliphatic heterocycles. The zero-order chi connectivity index (χ0) is 16.9. The SMILES string of the molecule is Cc1ccc2c(c1)NC(=O)[C@@H](CC(=O)NCCC1=CCCCC1)O2. The van der Waals surface area contributed by atoms with E-state index < -0.39 is 6.10 Å². The van der Waals surface area contributed by atoms with E-state index in [4.69, 9.17) is 4.74 Å². The summed E-state index contributed by atoms with van der Waals surface area (Å²) in [5.74, 6) is 0.200. The summed E-state index contributed by atoms with van der Waals surface area (Å²) in [6, 6.07) is 5.61. The van der Waals surface area contributed by atoms with Crippen LogP contribution in [0.2, 0.25) is 0 Å². The maximum atomic E-state index is 12.1. The number of hydrogen-bond acceptors (Lipinski definition) is 3. The Morgan fingerprint density at radius 2 is 2.25 bits per heavy atom. The third-order valence-corrected chi connectivity index (χ3v) is 4.48. The second kappa shape index (κ2) is 7.51. The maximum Gasteiger partial charge on any atom is 0.266 e. The molecule has 128 valence electrons. The van der Waals surface area contributed by atoms with Gasteiger partial charge in [0.15, 0.2) is 6.10 Å². The van der Waals surface area contributed by atoms with Crippen LogP contribution in [0.1, 0.15) is 44.1 Å². The normalized spacial score (nSPS) is 19.6. The fraction of sp³-hybridized carbons (Fsp3) is 0.474. The van der Waals surface area contributed by atoms with Crippen molar-refractivity contribution in [3.63, 3.8) is 0 Å². The van der Waals surface area contributed by atoms with Crippen molar-refractivity contribution in [2.75, 3.05) is 11.9 Å². The van der Waals surface area contributed by atoms with Crippen molar-refractivity contribution in [3.05, 3.63) is 35.4 Å². The van der Waals surface area contributed by atoms with E-state index in [0.29, 0.717) is 18.0 Å².